The lowest BCUT2D eigenvalue weighted by molar-refractivity contribution is -0.158. The predicted molar refractivity (Wildman–Crippen MR) is 218 cm³/mol. The lowest BCUT2D eigenvalue weighted by Gasteiger charge is -2.26. The van der Waals surface area contributed by atoms with E-state index >= 15 is 0 Å². The lowest BCUT2D eigenvalue weighted by Crippen LogP contribution is -2.46. The Morgan fingerprint density at radius 2 is 1.47 bits per heavy atom. The molecular weight excluding hydrogens is 730 g/mol. The van der Waals surface area contributed by atoms with Gasteiger partial charge in [-0.05, 0) is 89.9 Å². The standard InChI is InChI=1S/C43H53N5O9/c1-10-29-12-11-13-32(24-29)48(39-33-25-36(54-22-20-52-8)37(55-23-21-53-9)26-35(33)44-28-45-39)27-30-14-16-31(17-15-30)46-41(51)47-34(40(50)57-43(5,6)7)18-19-38(49)56-42(2,3)4/h1,11-17,24-26,28,34H,18-23,27H2,2-9H3,(H2,46,47,51)/t34-/m0/s1. The summed E-state index contributed by atoms with van der Waals surface area (Å²) in [4.78, 5) is 49.9. The molecule has 1 aromatic heterocycles. The summed E-state index contributed by atoms with van der Waals surface area (Å²) in [5, 5.41) is 6.14. The molecule has 1 heterocycles. The molecule has 0 unspecified atom stereocenters. The summed E-state index contributed by atoms with van der Waals surface area (Å²) >= 11 is 0. The average molecular weight is 784 g/mol. The van der Waals surface area contributed by atoms with E-state index in [2.05, 4.69) is 21.5 Å². The highest BCUT2D eigenvalue weighted by atomic mass is 16.6. The first-order valence-electron chi connectivity index (χ1n) is 18.6. The largest absolute Gasteiger partial charge is 0.487 e. The molecule has 4 rings (SSSR count). The number of hydrogen-bond acceptors (Lipinski definition) is 12. The summed E-state index contributed by atoms with van der Waals surface area (Å²) in [5.41, 5.74) is 1.96. The number of carbonyl (C=O) groups excluding carboxylic acids is 3. The quantitative estimate of drug-likeness (QED) is 0.0608. The number of ether oxygens (including phenoxy) is 6. The highest BCUT2D eigenvalue weighted by Crippen LogP contribution is 2.38. The van der Waals surface area contributed by atoms with Crippen LogP contribution in [0.25, 0.3) is 10.9 Å². The highest BCUT2D eigenvalue weighted by Gasteiger charge is 2.28. The Morgan fingerprint density at radius 1 is 0.825 bits per heavy atom. The molecule has 304 valence electrons. The molecule has 1 atom stereocenters. The van der Waals surface area contributed by atoms with Crippen molar-refractivity contribution in [1.82, 2.24) is 15.3 Å². The molecule has 0 saturated carbocycles. The van der Waals surface area contributed by atoms with Gasteiger partial charge in [0.15, 0.2) is 11.5 Å². The fourth-order valence-corrected chi connectivity index (χ4v) is 5.49. The van der Waals surface area contributed by atoms with Crippen LogP contribution in [-0.2, 0) is 35.1 Å². The Kier molecular flexibility index (Phi) is 15.6. The molecule has 14 heteroatoms. The van der Waals surface area contributed by atoms with Gasteiger partial charge in [0.1, 0.15) is 42.6 Å². The molecule has 0 aliphatic carbocycles. The van der Waals surface area contributed by atoms with Crippen LogP contribution in [0.4, 0.5) is 22.0 Å². The van der Waals surface area contributed by atoms with E-state index in [1.165, 1.54) is 6.33 Å². The normalized spacial score (nSPS) is 11.9. The number of nitrogens with zero attached hydrogens (tertiary/aromatic N) is 3. The number of methoxy groups -OCH3 is 2. The van der Waals surface area contributed by atoms with E-state index in [1.807, 2.05) is 53.4 Å². The summed E-state index contributed by atoms with van der Waals surface area (Å²) < 4.78 is 33.4. The number of anilines is 3. The zero-order valence-corrected chi connectivity index (χ0v) is 34.0. The molecule has 0 radical (unpaired) electrons. The van der Waals surface area contributed by atoms with Crippen molar-refractivity contribution >= 4 is 46.1 Å². The Morgan fingerprint density at radius 3 is 2.09 bits per heavy atom. The third-order valence-electron chi connectivity index (χ3n) is 7.96. The van der Waals surface area contributed by atoms with Gasteiger partial charge in [-0.2, -0.15) is 0 Å². The van der Waals surface area contributed by atoms with Crippen molar-refractivity contribution in [2.45, 2.75) is 78.2 Å². The van der Waals surface area contributed by atoms with Gasteiger partial charge in [-0.25, -0.2) is 19.6 Å². The molecule has 4 aromatic rings. The number of esters is 2. The molecule has 14 nitrogen and oxygen atoms in total. The molecular formula is C43H53N5O9. The fourth-order valence-electron chi connectivity index (χ4n) is 5.49. The second kappa shape index (κ2) is 20.3. The maximum atomic E-state index is 13.2. The van der Waals surface area contributed by atoms with Crippen LogP contribution in [0, 0.1) is 12.3 Å². The van der Waals surface area contributed by atoms with Gasteiger partial charge in [-0.3, -0.25) is 4.79 Å². The summed E-state index contributed by atoms with van der Waals surface area (Å²) in [5.74, 6) is 3.15. The molecule has 57 heavy (non-hydrogen) atoms. The Hall–Kier alpha value is -5.91. The van der Waals surface area contributed by atoms with E-state index in [-0.39, 0.29) is 12.8 Å². The first kappa shape index (κ1) is 43.8. The van der Waals surface area contributed by atoms with E-state index in [0.717, 1.165) is 11.3 Å². The molecule has 0 fully saturated rings. The number of fused-ring (bicyclic) bond motifs is 1. The van der Waals surface area contributed by atoms with Gasteiger partial charge in [-0.1, -0.05) is 24.1 Å². The van der Waals surface area contributed by atoms with Crippen molar-refractivity contribution in [1.29, 1.82) is 0 Å². The molecule has 0 bridgehead atoms. The first-order valence-corrected chi connectivity index (χ1v) is 18.6. The smallest absolute Gasteiger partial charge is 0.329 e. The van der Waals surface area contributed by atoms with Crippen LogP contribution < -0.4 is 25.0 Å². The van der Waals surface area contributed by atoms with Crippen LogP contribution in [0.3, 0.4) is 0 Å². The van der Waals surface area contributed by atoms with Crippen LogP contribution in [0.2, 0.25) is 0 Å². The monoisotopic (exact) mass is 783 g/mol. The summed E-state index contributed by atoms with van der Waals surface area (Å²) in [7, 11) is 3.20. The van der Waals surface area contributed by atoms with E-state index in [1.54, 1.807) is 67.9 Å². The second-order valence-corrected chi connectivity index (χ2v) is 15.0. The molecule has 2 N–H and O–H groups in total. The van der Waals surface area contributed by atoms with Crippen LogP contribution in [-0.4, -0.2) is 85.8 Å². The van der Waals surface area contributed by atoms with Crippen molar-refractivity contribution in [2.75, 3.05) is 50.9 Å². The van der Waals surface area contributed by atoms with Gasteiger partial charge in [0.05, 0.1) is 18.7 Å². The van der Waals surface area contributed by atoms with Gasteiger partial charge >= 0.3 is 18.0 Å². The number of urea groups is 1. The van der Waals surface area contributed by atoms with Crippen molar-refractivity contribution < 1.29 is 42.8 Å². The molecule has 2 amide bonds. The maximum absolute atomic E-state index is 13.2. The lowest BCUT2D eigenvalue weighted by atomic mass is 10.1. The summed E-state index contributed by atoms with van der Waals surface area (Å²) in [6.45, 7) is 12.2. The number of amides is 2. The van der Waals surface area contributed by atoms with Crippen molar-refractivity contribution in [3.05, 3.63) is 78.1 Å². The number of terminal acetylenes is 1. The zero-order chi connectivity index (χ0) is 41.6. The summed E-state index contributed by atoms with van der Waals surface area (Å²) in [6, 6.07) is 16.7. The average Bonchev–Trinajstić information content (AvgIpc) is 3.15. The fraction of sp³-hybridized carbons (Fsp3) is 0.419. The number of benzene rings is 3. The zero-order valence-electron chi connectivity index (χ0n) is 34.0. The van der Waals surface area contributed by atoms with Gasteiger partial charge in [0.2, 0.25) is 0 Å². The third-order valence-corrected chi connectivity index (χ3v) is 7.96. The van der Waals surface area contributed by atoms with Crippen molar-refractivity contribution in [3.8, 4) is 23.8 Å². The van der Waals surface area contributed by atoms with Crippen molar-refractivity contribution in [3.63, 3.8) is 0 Å². The number of hydrogen-bond donors (Lipinski definition) is 2. The van der Waals surface area contributed by atoms with Crippen molar-refractivity contribution in [2.24, 2.45) is 0 Å². The number of carbonyl (C=O) groups is 3. The van der Waals surface area contributed by atoms with E-state index in [0.29, 0.717) is 72.4 Å². The molecule has 0 spiro atoms. The van der Waals surface area contributed by atoms with Crippen LogP contribution in [0.15, 0.2) is 67.0 Å². The highest BCUT2D eigenvalue weighted by molar-refractivity contribution is 5.94. The van der Waals surface area contributed by atoms with E-state index in [4.69, 9.17) is 39.8 Å². The Balaban J connectivity index is 1.60. The third kappa shape index (κ3) is 14.0. The predicted octanol–water partition coefficient (Wildman–Crippen LogP) is 6.95. The van der Waals surface area contributed by atoms with Gasteiger partial charge in [0, 0.05) is 55.6 Å². The first-order chi connectivity index (χ1) is 27.1. The number of aromatic nitrogens is 2. The maximum Gasteiger partial charge on any atom is 0.329 e. The van der Waals surface area contributed by atoms with Gasteiger partial charge in [-0.15, -0.1) is 6.42 Å². The van der Waals surface area contributed by atoms with E-state index in [9.17, 15) is 14.4 Å². The van der Waals surface area contributed by atoms with Crippen LogP contribution in [0.5, 0.6) is 11.5 Å². The minimum Gasteiger partial charge on any atom is -0.487 e. The van der Waals surface area contributed by atoms with Gasteiger partial charge < -0.3 is 44.0 Å². The Labute approximate surface area is 334 Å². The minimum atomic E-state index is -1.09. The molecule has 3 aromatic carbocycles. The van der Waals surface area contributed by atoms with Gasteiger partial charge in [0.25, 0.3) is 0 Å². The van der Waals surface area contributed by atoms with E-state index < -0.39 is 35.2 Å². The minimum absolute atomic E-state index is 0.00640. The SMILES string of the molecule is C#Cc1cccc(N(Cc2ccc(NC(=O)N[C@@H](CCC(=O)OC(C)(C)C)C(=O)OC(C)(C)C)cc2)c2ncnc3cc(OCCOC)c(OCCOC)cc23)c1. The van der Waals surface area contributed by atoms with Crippen LogP contribution >= 0.6 is 0 Å². The molecule has 0 aliphatic rings. The second-order valence-electron chi connectivity index (χ2n) is 15.0. The number of nitrogens with one attached hydrogen (secondary N) is 2. The molecule has 0 aliphatic heterocycles. The topological polar surface area (TPSA) is 160 Å². The van der Waals surface area contributed by atoms with Crippen LogP contribution in [0.1, 0.15) is 65.5 Å². The number of rotatable bonds is 18. The molecule has 0 saturated heterocycles. The summed E-state index contributed by atoms with van der Waals surface area (Å²) in [6.07, 6.45) is 7.19. The Bertz CT molecular complexity index is 2020.